The molecule has 3 aromatic rings. The summed E-state index contributed by atoms with van der Waals surface area (Å²) in [5.41, 5.74) is 1.92. The summed E-state index contributed by atoms with van der Waals surface area (Å²) in [7, 11) is -3.71. The molecule has 0 aliphatic carbocycles. The van der Waals surface area contributed by atoms with Gasteiger partial charge in [-0.05, 0) is 54.6 Å². The number of anilines is 3. The molecular weight excluding hydrogens is 464 g/mol. The minimum Gasteiger partial charge on any atom is -0.359 e. The molecule has 33 heavy (non-hydrogen) atoms. The van der Waals surface area contributed by atoms with E-state index in [-0.39, 0.29) is 23.3 Å². The van der Waals surface area contributed by atoms with Crippen LogP contribution in [0.25, 0.3) is 0 Å². The number of hydrogen-bond donors (Lipinski definition) is 3. The number of amides is 2. The fraction of sp³-hybridized carbons (Fsp3) is 0.130. The van der Waals surface area contributed by atoms with Gasteiger partial charge in [0.05, 0.1) is 22.2 Å². The summed E-state index contributed by atoms with van der Waals surface area (Å²) in [5.74, 6) is -0.433. The Kier molecular flexibility index (Phi) is 6.52. The van der Waals surface area contributed by atoms with Gasteiger partial charge in [0, 0.05) is 30.0 Å². The molecule has 4 rings (SSSR count). The Morgan fingerprint density at radius 3 is 2.33 bits per heavy atom. The summed E-state index contributed by atoms with van der Waals surface area (Å²) in [6, 6.07) is 19.2. The first-order chi connectivity index (χ1) is 15.8. The Labute approximate surface area is 196 Å². The van der Waals surface area contributed by atoms with Gasteiger partial charge in [-0.15, -0.1) is 0 Å². The van der Waals surface area contributed by atoms with Gasteiger partial charge in [-0.25, -0.2) is 8.42 Å². The molecule has 0 bridgehead atoms. The molecule has 3 N–H and O–H groups in total. The smallest absolute Gasteiger partial charge is 0.261 e. The van der Waals surface area contributed by atoms with Crippen molar-refractivity contribution in [3.63, 3.8) is 0 Å². The van der Waals surface area contributed by atoms with Crippen molar-refractivity contribution in [1.82, 2.24) is 5.32 Å². The van der Waals surface area contributed by atoms with Crippen molar-refractivity contribution in [1.29, 1.82) is 0 Å². The SMILES string of the molecule is O=C1CN(c2ccc(NC(=O)c3ccc(NS(=O)(=O)c4ccccc4)cc3)cc2Cl)CCN1. The van der Waals surface area contributed by atoms with Crippen molar-refractivity contribution < 1.29 is 18.0 Å². The Morgan fingerprint density at radius 1 is 0.970 bits per heavy atom. The summed E-state index contributed by atoms with van der Waals surface area (Å²) in [6.07, 6.45) is 0. The van der Waals surface area contributed by atoms with Crippen molar-refractivity contribution >= 4 is 50.5 Å². The van der Waals surface area contributed by atoms with Crippen molar-refractivity contribution in [2.24, 2.45) is 0 Å². The Bertz CT molecular complexity index is 1280. The molecule has 1 fully saturated rings. The van der Waals surface area contributed by atoms with Gasteiger partial charge in [0.15, 0.2) is 0 Å². The van der Waals surface area contributed by atoms with Crippen LogP contribution < -0.4 is 20.3 Å². The number of carbonyl (C=O) groups excluding carboxylic acids is 2. The van der Waals surface area contributed by atoms with E-state index in [1.807, 2.05) is 4.90 Å². The van der Waals surface area contributed by atoms with E-state index >= 15 is 0 Å². The lowest BCUT2D eigenvalue weighted by atomic mass is 10.2. The molecule has 0 atom stereocenters. The van der Waals surface area contributed by atoms with E-state index in [1.165, 1.54) is 36.4 Å². The third kappa shape index (κ3) is 5.44. The molecule has 0 radical (unpaired) electrons. The standard InChI is InChI=1S/C23H21ClN4O4S/c24-20-14-18(10-11-21(20)28-13-12-25-22(29)15-28)26-23(30)16-6-8-17(9-7-16)27-33(31,32)19-4-2-1-3-5-19/h1-11,14,27H,12-13,15H2,(H,25,29)(H,26,30). The molecule has 0 spiro atoms. The van der Waals surface area contributed by atoms with E-state index in [1.54, 1.807) is 36.4 Å². The predicted octanol–water partition coefficient (Wildman–Crippen LogP) is 3.33. The Hall–Kier alpha value is -3.56. The van der Waals surface area contributed by atoms with E-state index in [0.29, 0.717) is 35.1 Å². The van der Waals surface area contributed by atoms with Gasteiger partial charge < -0.3 is 15.5 Å². The third-order valence-electron chi connectivity index (χ3n) is 5.04. The average molecular weight is 485 g/mol. The lowest BCUT2D eigenvalue weighted by Gasteiger charge is -2.29. The molecule has 1 aliphatic rings. The van der Waals surface area contributed by atoms with E-state index in [0.717, 1.165) is 5.69 Å². The fourth-order valence-corrected chi connectivity index (χ4v) is 4.77. The quantitative estimate of drug-likeness (QED) is 0.497. The minimum absolute atomic E-state index is 0.0656. The Morgan fingerprint density at radius 2 is 1.67 bits per heavy atom. The first kappa shape index (κ1) is 22.6. The molecule has 10 heteroatoms. The molecule has 0 saturated carbocycles. The maximum absolute atomic E-state index is 12.6. The lowest BCUT2D eigenvalue weighted by Crippen LogP contribution is -2.47. The van der Waals surface area contributed by atoms with Crippen molar-refractivity contribution in [2.45, 2.75) is 4.90 Å². The highest BCUT2D eigenvalue weighted by atomic mass is 35.5. The lowest BCUT2D eigenvalue weighted by molar-refractivity contribution is -0.120. The van der Waals surface area contributed by atoms with Crippen LogP contribution in [0.3, 0.4) is 0 Å². The van der Waals surface area contributed by atoms with Gasteiger partial charge in [0.1, 0.15) is 0 Å². The second-order valence-electron chi connectivity index (χ2n) is 7.39. The Balaban J connectivity index is 1.41. The molecule has 3 aromatic carbocycles. The first-order valence-corrected chi connectivity index (χ1v) is 12.0. The highest BCUT2D eigenvalue weighted by Crippen LogP contribution is 2.29. The van der Waals surface area contributed by atoms with Crippen LogP contribution in [0, 0.1) is 0 Å². The van der Waals surface area contributed by atoms with Crippen LogP contribution in [0.1, 0.15) is 10.4 Å². The largest absolute Gasteiger partial charge is 0.359 e. The van der Waals surface area contributed by atoms with Gasteiger partial charge in [0.2, 0.25) is 5.91 Å². The van der Waals surface area contributed by atoms with Crippen LogP contribution in [-0.2, 0) is 14.8 Å². The van der Waals surface area contributed by atoms with Gasteiger partial charge in [0.25, 0.3) is 15.9 Å². The summed E-state index contributed by atoms with van der Waals surface area (Å²) >= 11 is 6.38. The van der Waals surface area contributed by atoms with E-state index in [9.17, 15) is 18.0 Å². The normalized spacial score (nSPS) is 13.8. The zero-order valence-corrected chi connectivity index (χ0v) is 19.0. The van der Waals surface area contributed by atoms with Crippen molar-refractivity contribution in [2.75, 3.05) is 34.6 Å². The number of nitrogens with zero attached hydrogens (tertiary/aromatic N) is 1. The number of sulfonamides is 1. The molecule has 1 saturated heterocycles. The van der Waals surface area contributed by atoms with Crippen LogP contribution in [0.2, 0.25) is 5.02 Å². The van der Waals surface area contributed by atoms with Crippen molar-refractivity contribution in [3.8, 4) is 0 Å². The number of carbonyl (C=O) groups is 2. The summed E-state index contributed by atoms with van der Waals surface area (Å²) in [6.45, 7) is 1.43. The monoisotopic (exact) mass is 484 g/mol. The molecule has 1 aliphatic heterocycles. The van der Waals surface area contributed by atoms with E-state index in [4.69, 9.17) is 11.6 Å². The molecule has 170 valence electrons. The number of benzene rings is 3. The number of piperazine rings is 1. The second kappa shape index (κ2) is 9.51. The summed E-state index contributed by atoms with van der Waals surface area (Å²) in [4.78, 5) is 26.3. The maximum atomic E-state index is 12.6. The fourth-order valence-electron chi connectivity index (χ4n) is 3.39. The highest BCUT2D eigenvalue weighted by molar-refractivity contribution is 7.92. The van der Waals surface area contributed by atoms with Crippen molar-refractivity contribution in [3.05, 3.63) is 83.4 Å². The molecular formula is C23H21ClN4O4S. The zero-order valence-electron chi connectivity index (χ0n) is 17.4. The third-order valence-corrected chi connectivity index (χ3v) is 6.74. The summed E-state index contributed by atoms with van der Waals surface area (Å²) in [5, 5.41) is 5.96. The van der Waals surface area contributed by atoms with E-state index in [2.05, 4.69) is 15.4 Å². The molecule has 0 unspecified atom stereocenters. The first-order valence-electron chi connectivity index (χ1n) is 10.1. The van der Waals surface area contributed by atoms with Gasteiger partial charge in [-0.2, -0.15) is 0 Å². The topological polar surface area (TPSA) is 108 Å². The number of rotatable bonds is 6. The molecule has 0 aromatic heterocycles. The minimum atomic E-state index is -3.71. The van der Waals surface area contributed by atoms with Crippen LogP contribution >= 0.6 is 11.6 Å². The van der Waals surface area contributed by atoms with Gasteiger partial charge >= 0.3 is 0 Å². The molecule has 8 nitrogen and oxygen atoms in total. The highest BCUT2D eigenvalue weighted by Gasteiger charge is 2.19. The average Bonchev–Trinajstić information content (AvgIpc) is 2.80. The van der Waals surface area contributed by atoms with Crippen LogP contribution in [0.15, 0.2) is 77.7 Å². The predicted molar refractivity (Wildman–Crippen MR) is 128 cm³/mol. The van der Waals surface area contributed by atoms with Crippen LogP contribution in [-0.4, -0.2) is 39.9 Å². The number of halogens is 1. The number of hydrogen-bond acceptors (Lipinski definition) is 5. The van der Waals surface area contributed by atoms with E-state index < -0.39 is 10.0 Å². The second-order valence-corrected chi connectivity index (χ2v) is 9.48. The van der Waals surface area contributed by atoms with Crippen LogP contribution in [0.5, 0.6) is 0 Å². The zero-order chi connectivity index (χ0) is 23.4. The van der Waals surface area contributed by atoms with Gasteiger partial charge in [-0.3, -0.25) is 14.3 Å². The maximum Gasteiger partial charge on any atom is 0.261 e. The van der Waals surface area contributed by atoms with Crippen LogP contribution in [0.4, 0.5) is 17.1 Å². The number of nitrogens with one attached hydrogen (secondary N) is 3. The van der Waals surface area contributed by atoms with Gasteiger partial charge in [-0.1, -0.05) is 29.8 Å². The molecule has 2 amide bonds. The molecule has 1 heterocycles. The summed E-state index contributed by atoms with van der Waals surface area (Å²) < 4.78 is 27.3.